The molecule has 3 nitrogen and oxygen atoms in total. The third-order valence-electron chi connectivity index (χ3n) is 3.09. The average molecular weight is 319 g/mol. The fraction of sp³-hybridized carbons (Fsp3) is 0.583. The van der Waals surface area contributed by atoms with Gasteiger partial charge < -0.3 is 11.1 Å². The van der Waals surface area contributed by atoms with E-state index >= 15 is 0 Å². The Morgan fingerprint density at radius 1 is 1.59 bits per heavy atom. The van der Waals surface area contributed by atoms with Crippen molar-refractivity contribution >= 4 is 33.2 Å². The Kier molecular flexibility index (Phi) is 5.16. The van der Waals surface area contributed by atoms with E-state index in [1.165, 1.54) is 0 Å². The molecule has 0 aliphatic rings. The van der Waals surface area contributed by atoms with Crippen LogP contribution in [0.25, 0.3) is 0 Å². The second-order valence-electron chi connectivity index (χ2n) is 4.71. The Morgan fingerprint density at radius 3 is 2.65 bits per heavy atom. The number of nitrogens with one attached hydrogen (secondary N) is 1. The Balaban J connectivity index is 2.60. The van der Waals surface area contributed by atoms with Gasteiger partial charge in [-0.15, -0.1) is 11.3 Å². The zero-order valence-corrected chi connectivity index (χ0v) is 12.8. The van der Waals surface area contributed by atoms with Crippen molar-refractivity contribution in [2.75, 3.05) is 6.54 Å². The molecule has 1 unspecified atom stereocenters. The lowest BCUT2D eigenvalue weighted by molar-refractivity contribution is -0.122. The maximum Gasteiger partial charge on any atom is 0.225 e. The molecule has 3 N–H and O–H groups in total. The molecule has 0 saturated heterocycles. The third-order valence-corrected chi connectivity index (χ3v) is 4.71. The molecule has 0 spiro atoms. The van der Waals surface area contributed by atoms with Crippen LogP contribution < -0.4 is 11.1 Å². The molecule has 1 amide bonds. The molecule has 0 bridgehead atoms. The van der Waals surface area contributed by atoms with E-state index in [1.54, 1.807) is 11.3 Å². The van der Waals surface area contributed by atoms with Gasteiger partial charge in [0.25, 0.3) is 0 Å². The van der Waals surface area contributed by atoms with Crippen molar-refractivity contribution in [2.45, 2.75) is 32.7 Å². The van der Waals surface area contributed by atoms with Gasteiger partial charge in [-0.05, 0) is 40.9 Å². The van der Waals surface area contributed by atoms with E-state index in [4.69, 9.17) is 5.73 Å². The summed E-state index contributed by atoms with van der Waals surface area (Å²) in [5.41, 5.74) is 5.41. The zero-order valence-electron chi connectivity index (χ0n) is 10.4. The number of rotatable bonds is 5. The fourth-order valence-corrected chi connectivity index (χ4v) is 2.88. The van der Waals surface area contributed by atoms with Crippen LogP contribution in [0.15, 0.2) is 15.9 Å². The van der Waals surface area contributed by atoms with E-state index in [0.717, 1.165) is 8.66 Å². The quantitative estimate of drug-likeness (QED) is 0.876. The molecule has 0 saturated carbocycles. The van der Waals surface area contributed by atoms with E-state index in [1.807, 2.05) is 19.1 Å². The van der Waals surface area contributed by atoms with Gasteiger partial charge in [0.15, 0.2) is 0 Å². The maximum absolute atomic E-state index is 11.9. The molecule has 0 aromatic carbocycles. The molecule has 0 radical (unpaired) electrons. The molecule has 0 fully saturated rings. The van der Waals surface area contributed by atoms with Crippen LogP contribution in [0.2, 0.25) is 0 Å². The second-order valence-corrected chi connectivity index (χ2v) is 7.25. The first-order valence-electron chi connectivity index (χ1n) is 5.62. The minimum Gasteiger partial charge on any atom is -0.349 e. The van der Waals surface area contributed by atoms with Crippen LogP contribution in [-0.4, -0.2) is 18.0 Å². The highest BCUT2D eigenvalue weighted by molar-refractivity contribution is 9.11. The van der Waals surface area contributed by atoms with Gasteiger partial charge in [0, 0.05) is 11.4 Å². The van der Waals surface area contributed by atoms with Crippen molar-refractivity contribution in [1.82, 2.24) is 5.32 Å². The van der Waals surface area contributed by atoms with Gasteiger partial charge in [0.2, 0.25) is 5.91 Å². The van der Waals surface area contributed by atoms with Crippen LogP contribution in [0.1, 0.15) is 25.6 Å². The minimum absolute atomic E-state index is 0.0287. The van der Waals surface area contributed by atoms with Crippen LogP contribution in [0, 0.1) is 5.92 Å². The topological polar surface area (TPSA) is 55.1 Å². The summed E-state index contributed by atoms with van der Waals surface area (Å²) in [6.07, 6.45) is 0.415. The summed E-state index contributed by atoms with van der Waals surface area (Å²) in [4.78, 5) is 13.0. The van der Waals surface area contributed by atoms with Gasteiger partial charge >= 0.3 is 0 Å². The number of thiophene rings is 1. The fourth-order valence-electron chi connectivity index (χ4n) is 1.40. The van der Waals surface area contributed by atoms with Crippen molar-refractivity contribution in [3.05, 3.63) is 20.8 Å². The first kappa shape index (κ1) is 14.7. The SMILES string of the molecule is CC(C)C(C)(CN)NC(=O)Cc1ccc(Br)s1. The Hall–Kier alpha value is -0.390. The molecular weight excluding hydrogens is 300 g/mol. The molecule has 0 aliphatic heterocycles. The lowest BCUT2D eigenvalue weighted by Gasteiger charge is -2.33. The zero-order chi connectivity index (χ0) is 13.1. The average Bonchev–Trinajstić information content (AvgIpc) is 2.63. The predicted molar refractivity (Wildman–Crippen MR) is 76.2 cm³/mol. The van der Waals surface area contributed by atoms with Gasteiger partial charge in [-0.3, -0.25) is 4.79 Å². The van der Waals surface area contributed by atoms with Crippen LogP contribution in [0.5, 0.6) is 0 Å². The normalized spacial score (nSPS) is 14.7. The van der Waals surface area contributed by atoms with Gasteiger partial charge in [0.1, 0.15) is 0 Å². The first-order valence-corrected chi connectivity index (χ1v) is 7.23. The number of hydrogen-bond donors (Lipinski definition) is 2. The van der Waals surface area contributed by atoms with Gasteiger partial charge in [0.05, 0.1) is 15.7 Å². The van der Waals surface area contributed by atoms with E-state index < -0.39 is 0 Å². The Labute approximate surface area is 115 Å². The van der Waals surface area contributed by atoms with Crippen molar-refractivity contribution in [3.8, 4) is 0 Å². The minimum atomic E-state index is -0.328. The van der Waals surface area contributed by atoms with E-state index in [0.29, 0.717) is 18.9 Å². The van der Waals surface area contributed by atoms with Gasteiger partial charge in [-0.2, -0.15) is 0 Å². The number of hydrogen-bond acceptors (Lipinski definition) is 3. The summed E-state index contributed by atoms with van der Waals surface area (Å²) in [6, 6.07) is 3.92. The maximum atomic E-state index is 11.9. The lowest BCUT2D eigenvalue weighted by atomic mass is 9.88. The first-order chi connectivity index (χ1) is 7.87. The molecule has 5 heteroatoms. The van der Waals surface area contributed by atoms with Crippen molar-refractivity contribution in [2.24, 2.45) is 11.7 Å². The van der Waals surface area contributed by atoms with Gasteiger partial charge in [-0.1, -0.05) is 13.8 Å². The van der Waals surface area contributed by atoms with Crippen LogP contribution >= 0.6 is 27.3 Å². The summed E-state index contributed by atoms with van der Waals surface area (Å²) in [5, 5.41) is 3.03. The van der Waals surface area contributed by atoms with E-state index in [2.05, 4.69) is 35.1 Å². The lowest BCUT2D eigenvalue weighted by Crippen LogP contribution is -2.55. The van der Waals surface area contributed by atoms with Crippen LogP contribution in [0.3, 0.4) is 0 Å². The number of carbonyl (C=O) groups is 1. The molecule has 1 atom stereocenters. The molecule has 96 valence electrons. The number of halogens is 1. The van der Waals surface area contributed by atoms with Crippen molar-refractivity contribution in [1.29, 1.82) is 0 Å². The summed E-state index contributed by atoms with van der Waals surface area (Å²) in [6.45, 7) is 6.56. The molecule has 1 rings (SSSR count). The van der Waals surface area contributed by atoms with E-state index in [9.17, 15) is 4.79 Å². The second kappa shape index (κ2) is 5.98. The Bertz CT molecular complexity index is 392. The molecule has 1 aromatic heterocycles. The predicted octanol–water partition coefficient (Wildman–Crippen LogP) is 2.54. The van der Waals surface area contributed by atoms with Crippen molar-refractivity contribution in [3.63, 3.8) is 0 Å². The largest absolute Gasteiger partial charge is 0.349 e. The summed E-state index contributed by atoms with van der Waals surface area (Å²) in [7, 11) is 0. The van der Waals surface area contributed by atoms with Gasteiger partial charge in [-0.25, -0.2) is 0 Å². The van der Waals surface area contributed by atoms with Crippen LogP contribution in [0.4, 0.5) is 0 Å². The third kappa shape index (κ3) is 4.08. The van der Waals surface area contributed by atoms with Crippen LogP contribution in [-0.2, 0) is 11.2 Å². The Morgan fingerprint density at radius 2 is 2.24 bits per heavy atom. The summed E-state index contributed by atoms with van der Waals surface area (Å²) in [5.74, 6) is 0.340. The monoisotopic (exact) mass is 318 g/mol. The molecule has 17 heavy (non-hydrogen) atoms. The van der Waals surface area contributed by atoms with Crippen molar-refractivity contribution < 1.29 is 4.79 Å². The highest BCUT2D eigenvalue weighted by Gasteiger charge is 2.28. The number of nitrogens with two attached hydrogens (primary N) is 1. The van der Waals surface area contributed by atoms with E-state index in [-0.39, 0.29) is 11.4 Å². The molecule has 1 aromatic rings. The highest BCUT2D eigenvalue weighted by Crippen LogP contribution is 2.23. The standard InChI is InChI=1S/C12H19BrN2OS/c1-8(2)12(3,7-14)15-11(16)6-9-4-5-10(13)17-9/h4-5,8H,6-7,14H2,1-3H3,(H,15,16). The molecule has 1 heterocycles. The number of carbonyl (C=O) groups excluding carboxylic acids is 1. The highest BCUT2D eigenvalue weighted by atomic mass is 79.9. The number of amides is 1. The molecule has 0 aliphatic carbocycles. The molecular formula is C12H19BrN2OS. The summed E-state index contributed by atoms with van der Waals surface area (Å²) < 4.78 is 1.05. The smallest absolute Gasteiger partial charge is 0.225 e. The summed E-state index contributed by atoms with van der Waals surface area (Å²) >= 11 is 4.97.